The van der Waals surface area contributed by atoms with Crippen LogP contribution in [0.15, 0.2) is 22.7 Å². The molecular formula is C13H16BrN3O2. The van der Waals surface area contributed by atoms with Gasteiger partial charge in [0.05, 0.1) is 13.1 Å². The van der Waals surface area contributed by atoms with E-state index < -0.39 is 0 Å². The van der Waals surface area contributed by atoms with Crippen LogP contribution in [0.1, 0.15) is 12.5 Å². The summed E-state index contributed by atoms with van der Waals surface area (Å²) in [6.07, 6.45) is 0. The van der Waals surface area contributed by atoms with Crippen molar-refractivity contribution in [2.75, 3.05) is 24.5 Å². The summed E-state index contributed by atoms with van der Waals surface area (Å²) in [6, 6.07) is 5.90. The second-order valence-corrected chi connectivity index (χ2v) is 5.30. The fraction of sp³-hybridized carbons (Fsp3) is 0.385. The van der Waals surface area contributed by atoms with Crippen LogP contribution in [-0.2, 0) is 16.1 Å². The van der Waals surface area contributed by atoms with Crippen molar-refractivity contribution in [2.24, 2.45) is 0 Å². The highest BCUT2D eigenvalue weighted by molar-refractivity contribution is 9.10. The van der Waals surface area contributed by atoms with Gasteiger partial charge in [-0.05, 0) is 24.2 Å². The molecule has 1 aromatic carbocycles. The normalized spacial score (nSPS) is 15.6. The number of halogens is 1. The van der Waals surface area contributed by atoms with Gasteiger partial charge >= 0.3 is 0 Å². The van der Waals surface area contributed by atoms with E-state index in [2.05, 4.69) is 26.6 Å². The molecule has 2 rings (SSSR count). The minimum absolute atomic E-state index is 0.210. The fourth-order valence-electron chi connectivity index (χ4n) is 2.05. The predicted molar refractivity (Wildman–Crippen MR) is 76.9 cm³/mol. The van der Waals surface area contributed by atoms with E-state index in [0.29, 0.717) is 6.54 Å². The molecule has 102 valence electrons. The number of amides is 2. The van der Waals surface area contributed by atoms with E-state index >= 15 is 0 Å². The summed E-state index contributed by atoms with van der Waals surface area (Å²) < 4.78 is 0.932. The van der Waals surface area contributed by atoms with Crippen molar-refractivity contribution in [3.05, 3.63) is 28.2 Å². The summed E-state index contributed by atoms with van der Waals surface area (Å²) in [5.74, 6) is -0.517. The van der Waals surface area contributed by atoms with Crippen molar-refractivity contribution >= 4 is 33.4 Å². The molecule has 1 saturated heterocycles. The lowest BCUT2D eigenvalue weighted by Gasteiger charge is -2.29. The summed E-state index contributed by atoms with van der Waals surface area (Å²) in [5.41, 5.74) is 1.99. The molecule has 0 unspecified atom stereocenters. The van der Waals surface area contributed by atoms with Gasteiger partial charge in [-0.3, -0.25) is 14.9 Å². The van der Waals surface area contributed by atoms with Crippen LogP contribution in [0.2, 0.25) is 0 Å². The first-order chi connectivity index (χ1) is 9.10. The average molecular weight is 326 g/mol. The third-order valence-corrected chi connectivity index (χ3v) is 3.39. The van der Waals surface area contributed by atoms with Crippen molar-refractivity contribution in [3.8, 4) is 0 Å². The Bertz CT molecular complexity index is 489. The number of hydrogen-bond acceptors (Lipinski definition) is 4. The Morgan fingerprint density at radius 1 is 1.32 bits per heavy atom. The Labute approximate surface area is 120 Å². The molecule has 2 N–H and O–H groups in total. The quantitative estimate of drug-likeness (QED) is 0.811. The van der Waals surface area contributed by atoms with Crippen LogP contribution in [0.3, 0.4) is 0 Å². The maximum Gasteiger partial charge on any atom is 0.246 e. The molecule has 6 heteroatoms. The largest absolute Gasteiger partial charge is 0.353 e. The van der Waals surface area contributed by atoms with Crippen LogP contribution in [0.5, 0.6) is 0 Å². The van der Waals surface area contributed by atoms with E-state index in [1.807, 2.05) is 25.1 Å². The van der Waals surface area contributed by atoms with E-state index in [1.165, 1.54) is 0 Å². The van der Waals surface area contributed by atoms with Crippen LogP contribution >= 0.6 is 15.9 Å². The number of hydrogen-bond donors (Lipinski definition) is 2. The third-order valence-electron chi connectivity index (χ3n) is 2.90. The number of carbonyl (C=O) groups excluding carboxylic acids is 2. The number of piperazine rings is 1. The number of carbonyl (C=O) groups is 2. The molecule has 0 saturated carbocycles. The molecule has 1 aliphatic heterocycles. The lowest BCUT2D eigenvalue weighted by molar-refractivity contribution is -0.130. The molecule has 5 nitrogen and oxygen atoms in total. The lowest BCUT2D eigenvalue weighted by Crippen LogP contribution is -2.51. The Morgan fingerprint density at radius 2 is 2.00 bits per heavy atom. The van der Waals surface area contributed by atoms with Crippen LogP contribution in [-0.4, -0.2) is 31.4 Å². The van der Waals surface area contributed by atoms with E-state index in [4.69, 9.17) is 0 Å². The molecule has 19 heavy (non-hydrogen) atoms. The first-order valence-electron chi connectivity index (χ1n) is 6.17. The van der Waals surface area contributed by atoms with Gasteiger partial charge in [-0.1, -0.05) is 28.9 Å². The molecule has 0 aromatic heterocycles. The van der Waals surface area contributed by atoms with Crippen molar-refractivity contribution in [1.82, 2.24) is 10.6 Å². The van der Waals surface area contributed by atoms with Gasteiger partial charge in [-0.25, -0.2) is 0 Å². The molecule has 0 radical (unpaired) electrons. The van der Waals surface area contributed by atoms with Gasteiger partial charge < -0.3 is 10.2 Å². The van der Waals surface area contributed by atoms with Gasteiger partial charge in [0.1, 0.15) is 0 Å². The number of nitrogens with zero attached hydrogens (tertiary/aromatic N) is 1. The standard InChI is InChI=1S/C13H16BrN3O2/c1-2-15-6-9-3-4-10(14)5-11(9)17-7-12(18)16-13(19)8-17/h3-5,15H,2,6-8H2,1H3,(H,16,18,19). The molecule has 0 aliphatic carbocycles. The number of benzene rings is 1. The molecule has 0 atom stereocenters. The van der Waals surface area contributed by atoms with Crippen molar-refractivity contribution in [2.45, 2.75) is 13.5 Å². The molecular weight excluding hydrogens is 310 g/mol. The van der Waals surface area contributed by atoms with Gasteiger partial charge in [0.2, 0.25) is 11.8 Å². The van der Waals surface area contributed by atoms with Gasteiger partial charge in [0, 0.05) is 16.7 Å². The SMILES string of the molecule is CCNCc1ccc(Br)cc1N1CC(=O)NC(=O)C1. The number of imide groups is 1. The summed E-state index contributed by atoms with van der Waals surface area (Å²) in [6.45, 7) is 4.04. The summed E-state index contributed by atoms with van der Waals surface area (Å²) in [4.78, 5) is 24.7. The van der Waals surface area contributed by atoms with Crippen molar-refractivity contribution < 1.29 is 9.59 Å². The molecule has 1 heterocycles. The summed E-state index contributed by atoms with van der Waals surface area (Å²) >= 11 is 3.43. The minimum atomic E-state index is -0.259. The second-order valence-electron chi connectivity index (χ2n) is 4.38. The van der Waals surface area contributed by atoms with E-state index in [9.17, 15) is 9.59 Å². The van der Waals surface area contributed by atoms with Crippen LogP contribution < -0.4 is 15.5 Å². The average Bonchev–Trinajstić information content (AvgIpc) is 2.36. The molecule has 1 aromatic rings. The monoisotopic (exact) mass is 325 g/mol. The van der Waals surface area contributed by atoms with E-state index in [-0.39, 0.29) is 24.9 Å². The molecule has 1 aliphatic rings. The second kappa shape index (κ2) is 6.16. The maximum atomic E-state index is 11.5. The van der Waals surface area contributed by atoms with Crippen molar-refractivity contribution in [3.63, 3.8) is 0 Å². The van der Waals surface area contributed by atoms with E-state index in [1.54, 1.807) is 4.90 Å². The van der Waals surface area contributed by atoms with E-state index in [0.717, 1.165) is 22.3 Å². The number of nitrogens with one attached hydrogen (secondary N) is 2. The highest BCUT2D eigenvalue weighted by atomic mass is 79.9. The van der Waals surface area contributed by atoms with Gasteiger partial charge in [-0.15, -0.1) is 0 Å². The summed E-state index contributed by atoms with van der Waals surface area (Å²) in [7, 11) is 0. The first kappa shape index (κ1) is 14.0. The fourth-order valence-corrected chi connectivity index (χ4v) is 2.40. The Hall–Kier alpha value is -1.40. The Kier molecular flexibility index (Phi) is 4.55. The number of anilines is 1. The third kappa shape index (κ3) is 3.54. The number of rotatable bonds is 4. The zero-order chi connectivity index (χ0) is 13.8. The van der Waals surface area contributed by atoms with Crippen molar-refractivity contribution in [1.29, 1.82) is 0 Å². The molecule has 0 bridgehead atoms. The smallest absolute Gasteiger partial charge is 0.246 e. The van der Waals surface area contributed by atoms with Crippen LogP contribution in [0.4, 0.5) is 5.69 Å². The zero-order valence-corrected chi connectivity index (χ0v) is 12.3. The molecule has 1 fully saturated rings. The molecule has 2 amide bonds. The van der Waals surface area contributed by atoms with Gasteiger partial charge in [0.15, 0.2) is 0 Å². The van der Waals surface area contributed by atoms with Crippen LogP contribution in [0.25, 0.3) is 0 Å². The molecule has 0 spiro atoms. The maximum absolute atomic E-state index is 11.5. The topological polar surface area (TPSA) is 61.4 Å². The lowest BCUT2D eigenvalue weighted by atomic mass is 10.1. The summed E-state index contributed by atoms with van der Waals surface area (Å²) in [5, 5.41) is 5.57. The highest BCUT2D eigenvalue weighted by Gasteiger charge is 2.24. The zero-order valence-electron chi connectivity index (χ0n) is 10.7. The van der Waals surface area contributed by atoms with Gasteiger partial charge in [-0.2, -0.15) is 0 Å². The van der Waals surface area contributed by atoms with Gasteiger partial charge in [0.25, 0.3) is 0 Å². The van der Waals surface area contributed by atoms with Crippen LogP contribution in [0, 0.1) is 0 Å². The predicted octanol–water partition coefficient (Wildman–Crippen LogP) is 1.02. The minimum Gasteiger partial charge on any atom is -0.353 e. The Balaban J connectivity index is 2.28. The Morgan fingerprint density at radius 3 is 2.63 bits per heavy atom. The highest BCUT2D eigenvalue weighted by Crippen LogP contribution is 2.25. The first-order valence-corrected chi connectivity index (χ1v) is 6.96.